The lowest BCUT2D eigenvalue weighted by atomic mass is 9.97. The number of fused-ring (bicyclic) bond motifs is 1. The molecule has 6 nitrogen and oxygen atoms in total. The second-order valence-electron chi connectivity index (χ2n) is 6.41. The highest BCUT2D eigenvalue weighted by molar-refractivity contribution is 7.91. The quantitative estimate of drug-likeness (QED) is 0.811. The van der Waals surface area contributed by atoms with Gasteiger partial charge in [-0.05, 0) is 25.0 Å². The average Bonchev–Trinajstić information content (AvgIpc) is 3.09. The summed E-state index contributed by atoms with van der Waals surface area (Å²) in [6, 6.07) is 5.92. The molecule has 24 heavy (non-hydrogen) atoms. The number of carbonyl (C=O) groups excluding carboxylic acids is 1. The Morgan fingerprint density at radius 2 is 2.12 bits per heavy atom. The molecule has 2 heterocycles. The fraction of sp³-hybridized carbons (Fsp3) is 0.471. The Kier molecular flexibility index (Phi) is 4.64. The third-order valence-corrected chi connectivity index (χ3v) is 6.36. The largest absolute Gasteiger partial charge is 0.374 e. The van der Waals surface area contributed by atoms with E-state index in [1.165, 1.54) is 0 Å². The number of benzene rings is 1. The number of nitrogens with one attached hydrogen (secondary N) is 2. The normalized spacial score (nSPS) is 27.5. The molecule has 0 spiro atoms. The summed E-state index contributed by atoms with van der Waals surface area (Å²) in [5.41, 5.74) is 1.60. The summed E-state index contributed by atoms with van der Waals surface area (Å²) in [7, 11) is -3.33. The highest BCUT2D eigenvalue weighted by Crippen LogP contribution is 2.32. The first kappa shape index (κ1) is 17.0. The van der Waals surface area contributed by atoms with E-state index in [2.05, 4.69) is 17.2 Å². The van der Waals surface area contributed by atoms with Gasteiger partial charge in [0.2, 0.25) is 0 Å². The summed E-state index contributed by atoms with van der Waals surface area (Å²) in [5, 5.41) is 5.59. The number of urea groups is 1. The van der Waals surface area contributed by atoms with E-state index < -0.39 is 15.9 Å². The first-order chi connectivity index (χ1) is 11.4. The molecule has 0 bridgehead atoms. The van der Waals surface area contributed by atoms with Crippen LogP contribution in [0, 0.1) is 5.92 Å². The van der Waals surface area contributed by atoms with Crippen LogP contribution in [0.15, 0.2) is 41.3 Å². The second kappa shape index (κ2) is 6.57. The van der Waals surface area contributed by atoms with Gasteiger partial charge in [0.1, 0.15) is 0 Å². The molecule has 2 N–H and O–H groups in total. The molecule has 2 aliphatic heterocycles. The molecule has 0 aliphatic carbocycles. The lowest BCUT2D eigenvalue weighted by Gasteiger charge is -2.20. The molecule has 3 atom stereocenters. The van der Waals surface area contributed by atoms with Gasteiger partial charge in [-0.2, -0.15) is 0 Å². The number of amides is 2. The van der Waals surface area contributed by atoms with Crippen molar-refractivity contribution in [2.24, 2.45) is 5.92 Å². The molecule has 0 aromatic heterocycles. The fourth-order valence-corrected chi connectivity index (χ4v) is 5.13. The summed E-state index contributed by atoms with van der Waals surface area (Å²) in [6.07, 6.45) is 0.844. The Bertz CT molecular complexity index is 760. The van der Waals surface area contributed by atoms with Crippen molar-refractivity contribution in [3.8, 4) is 0 Å². The van der Waals surface area contributed by atoms with Crippen molar-refractivity contribution in [2.75, 3.05) is 18.9 Å². The maximum Gasteiger partial charge on any atom is 0.315 e. The molecule has 7 heteroatoms. The SMILES string of the molecule is C=C(C)C1OCCC1CNC(=O)NC1CS(=O)(=O)c2ccccc21. The van der Waals surface area contributed by atoms with Crippen LogP contribution in [0.1, 0.15) is 24.9 Å². The molecule has 1 aromatic carbocycles. The fourth-order valence-electron chi connectivity index (χ4n) is 3.39. The maximum absolute atomic E-state index is 12.2. The molecule has 0 saturated carbocycles. The van der Waals surface area contributed by atoms with E-state index in [0.29, 0.717) is 23.6 Å². The van der Waals surface area contributed by atoms with Crippen LogP contribution < -0.4 is 10.6 Å². The van der Waals surface area contributed by atoms with Crippen LogP contribution in [0.2, 0.25) is 0 Å². The van der Waals surface area contributed by atoms with Crippen LogP contribution in [-0.4, -0.2) is 39.5 Å². The first-order valence-electron chi connectivity index (χ1n) is 8.01. The van der Waals surface area contributed by atoms with Crippen molar-refractivity contribution in [2.45, 2.75) is 30.4 Å². The van der Waals surface area contributed by atoms with Crippen LogP contribution in [0.3, 0.4) is 0 Å². The molecule has 1 saturated heterocycles. The third-order valence-electron chi connectivity index (χ3n) is 4.55. The van der Waals surface area contributed by atoms with Crippen LogP contribution in [0.5, 0.6) is 0 Å². The average molecular weight is 350 g/mol. The van der Waals surface area contributed by atoms with E-state index in [4.69, 9.17) is 4.74 Å². The molecule has 0 radical (unpaired) electrons. The summed E-state index contributed by atoms with van der Waals surface area (Å²) in [4.78, 5) is 12.5. The van der Waals surface area contributed by atoms with Gasteiger partial charge < -0.3 is 15.4 Å². The van der Waals surface area contributed by atoms with E-state index in [-0.39, 0.29) is 23.8 Å². The molecule has 2 aliphatic rings. The highest BCUT2D eigenvalue weighted by Gasteiger charge is 2.35. The van der Waals surface area contributed by atoms with Crippen LogP contribution in [-0.2, 0) is 14.6 Å². The van der Waals surface area contributed by atoms with E-state index in [0.717, 1.165) is 12.0 Å². The Morgan fingerprint density at radius 1 is 1.38 bits per heavy atom. The van der Waals surface area contributed by atoms with E-state index in [1.54, 1.807) is 24.3 Å². The molecule has 3 unspecified atom stereocenters. The van der Waals surface area contributed by atoms with Crippen molar-refractivity contribution in [3.63, 3.8) is 0 Å². The minimum Gasteiger partial charge on any atom is -0.374 e. The lowest BCUT2D eigenvalue weighted by Crippen LogP contribution is -2.41. The minimum absolute atomic E-state index is 0.0297. The molecule has 1 aromatic rings. The molecule has 130 valence electrons. The second-order valence-corrected chi connectivity index (χ2v) is 8.42. The van der Waals surface area contributed by atoms with E-state index in [1.807, 2.05) is 6.92 Å². The number of ether oxygens (including phenoxy) is 1. The molecule has 1 fully saturated rings. The summed E-state index contributed by atoms with van der Waals surface area (Å²) in [6.45, 7) is 6.98. The zero-order chi connectivity index (χ0) is 17.3. The Hall–Kier alpha value is -1.86. The third kappa shape index (κ3) is 3.32. The van der Waals surface area contributed by atoms with Crippen molar-refractivity contribution in [1.82, 2.24) is 10.6 Å². The lowest BCUT2D eigenvalue weighted by molar-refractivity contribution is 0.119. The first-order valence-corrected chi connectivity index (χ1v) is 9.67. The Morgan fingerprint density at radius 3 is 2.88 bits per heavy atom. The number of hydrogen-bond donors (Lipinski definition) is 2. The molecule has 3 rings (SSSR count). The van der Waals surface area contributed by atoms with Gasteiger partial charge in [-0.25, -0.2) is 13.2 Å². The topological polar surface area (TPSA) is 84.5 Å². The van der Waals surface area contributed by atoms with Gasteiger partial charge in [-0.15, -0.1) is 0 Å². The van der Waals surface area contributed by atoms with Crippen LogP contribution in [0.25, 0.3) is 0 Å². The van der Waals surface area contributed by atoms with Crippen molar-refractivity contribution < 1.29 is 17.9 Å². The van der Waals surface area contributed by atoms with Gasteiger partial charge in [-0.1, -0.05) is 30.4 Å². The Balaban J connectivity index is 1.59. The number of carbonyl (C=O) groups is 1. The molecule has 2 amide bonds. The summed E-state index contributed by atoms with van der Waals surface area (Å²) >= 11 is 0. The van der Waals surface area contributed by atoms with Gasteiger partial charge in [-0.3, -0.25) is 0 Å². The Labute approximate surface area is 142 Å². The number of rotatable bonds is 4. The predicted molar refractivity (Wildman–Crippen MR) is 90.4 cm³/mol. The minimum atomic E-state index is -3.33. The summed E-state index contributed by atoms with van der Waals surface area (Å²) < 4.78 is 29.9. The standard InChI is InChI=1S/C17H22N2O4S/c1-11(2)16-12(7-8-23-16)9-18-17(20)19-14-10-24(21,22)15-6-4-3-5-13(14)15/h3-6,12,14,16H,1,7-10H2,2H3,(H2,18,19,20). The highest BCUT2D eigenvalue weighted by atomic mass is 32.2. The predicted octanol–water partition coefficient (Wildman–Crippen LogP) is 1.80. The van der Waals surface area contributed by atoms with Crippen molar-refractivity contribution in [3.05, 3.63) is 42.0 Å². The van der Waals surface area contributed by atoms with E-state index in [9.17, 15) is 13.2 Å². The van der Waals surface area contributed by atoms with E-state index >= 15 is 0 Å². The summed E-state index contributed by atoms with van der Waals surface area (Å²) in [5.74, 6) is 0.105. The van der Waals surface area contributed by atoms with Crippen molar-refractivity contribution >= 4 is 15.9 Å². The monoisotopic (exact) mass is 350 g/mol. The van der Waals surface area contributed by atoms with Gasteiger partial charge in [0.05, 0.1) is 22.8 Å². The molecular formula is C17H22N2O4S. The van der Waals surface area contributed by atoms with Crippen molar-refractivity contribution in [1.29, 1.82) is 0 Å². The molecular weight excluding hydrogens is 328 g/mol. The smallest absolute Gasteiger partial charge is 0.315 e. The zero-order valence-electron chi connectivity index (χ0n) is 13.6. The number of hydrogen-bond acceptors (Lipinski definition) is 4. The van der Waals surface area contributed by atoms with Gasteiger partial charge in [0, 0.05) is 19.1 Å². The van der Waals surface area contributed by atoms with Gasteiger partial charge in [0.15, 0.2) is 9.84 Å². The number of sulfone groups is 1. The van der Waals surface area contributed by atoms with Crippen LogP contribution in [0.4, 0.5) is 4.79 Å². The van der Waals surface area contributed by atoms with Crippen LogP contribution >= 0.6 is 0 Å². The van der Waals surface area contributed by atoms with Gasteiger partial charge in [0.25, 0.3) is 0 Å². The maximum atomic E-state index is 12.2. The zero-order valence-corrected chi connectivity index (χ0v) is 14.4. The van der Waals surface area contributed by atoms with Gasteiger partial charge >= 0.3 is 6.03 Å².